The summed E-state index contributed by atoms with van der Waals surface area (Å²) in [6, 6.07) is 9.28. The lowest BCUT2D eigenvalue weighted by Crippen LogP contribution is -2.28. The zero-order valence-corrected chi connectivity index (χ0v) is 17.9. The van der Waals surface area contributed by atoms with E-state index in [0.717, 1.165) is 5.56 Å². The molecule has 0 aliphatic heterocycles. The van der Waals surface area contributed by atoms with Crippen LogP contribution >= 0.6 is 0 Å². The molecule has 0 aromatic heterocycles. The van der Waals surface area contributed by atoms with Crippen molar-refractivity contribution in [3.63, 3.8) is 0 Å². The van der Waals surface area contributed by atoms with Gasteiger partial charge < -0.3 is 19.5 Å². The van der Waals surface area contributed by atoms with Gasteiger partial charge in [-0.2, -0.15) is 0 Å². The first kappa shape index (κ1) is 22.5. The fourth-order valence-electron chi connectivity index (χ4n) is 2.78. The van der Waals surface area contributed by atoms with Gasteiger partial charge in [0.25, 0.3) is 5.91 Å². The Hall–Kier alpha value is -2.78. The lowest BCUT2D eigenvalue weighted by molar-refractivity contribution is 0.0939. The van der Waals surface area contributed by atoms with E-state index in [-0.39, 0.29) is 28.8 Å². The molecule has 0 aliphatic rings. The summed E-state index contributed by atoms with van der Waals surface area (Å²) in [6.07, 6.45) is 0. The minimum Gasteiger partial charge on any atom is -0.495 e. The maximum absolute atomic E-state index is 12.7. The van der Waals surface area contributed by atoms with Crippen LogP contribution in [-0.4, -0.2) is 42.2 Å². The topological polar surface area (TPSA) is 103 Å². The van der Waals surface area contributed by atoms with Crippen LogP contribution in [0.3, 0.4) is 0 Å². The molecule has 9 heteroatoms. The van der Waals surface area contributed by atoms with Crippen LogP contribution in [0.2, 0.25) is 0 Å². The molecule has 29 heavy (non-hydrogen) atoms. The van der Waals surface area contributed by atoms with E-state index in [9.17, 15) is 13.2 Å². The van der Waals surface area contributed by atoms with Crippen molar-refractivity contribution in [1.82, 2.24) is 10.0 Å². The number of amides is 1. The molecule has 0 heterocycles. The van der Waals surface area contributed by atoms with Gasteiger partial charge in [0.15, 0.2) is 11.5 Å². The molecular weight excluding hydrogens is 396 g/mol. The van der Waals surface area contributed by atoms with Crippen LogP contribution in [0.4, 0.5) is 0 Å². The molecule has 0 saturated carbocycles. The van der Waals surface area contributed by atoms with Crippen molar-refractivity contribution in [2.45, 2.75) is 24.8 Å². The molecule has 0 saturated heterocycles. The van der Waals surface area contributed by atoms with Gasteiger partial charge in [0, 0.05) is 12.1 Å². The Balaban J connectivity index is 2.29. The van der Waals surface area contributed by atoms with Crippen LogP contribution < -0.4 is 24.2 Å². The second-order valence-corrected chi connectivity index (χ2v) is 7.91. The fourth-order valence-corrected chi connectivity index (χ4v) is 4.02. The Morgan fingerprint density at radius 2 is 1.59 bits per heavy atom. The molecule has 2 aromatic carbocycles. The Kier molecular flexibility index (Phi) is 7.46. The molecule has 0 radical (unpaired) electrons. The summed E-state index contributed by atoms with van der Waals surface area (Å²) in [5, 5.41) is 2.86. The second kappa shape index (κ2) is 9.62. The van der Waals surface area contributed by atoms with E-state index < -0.39 is 15.9 Å². The maximum Gasteiger partial charge on any atom is 0.251 e. The van der Waals surface area contributed by atoms with E-state index in [2.05, 4.69) is 10.0 Å². The summed E-state index contributed by atoms with van der Waals surface area (Å²) >= 11 is 0. The largest absolute Gasteiger partial charge is 0.495 e. The number of carbonyl (C=O) groups is 1. The molecule has 1 amide bonds. The highest BCUT2D eigenvalue weighted by atomic mass is 32.2. The minimum absolute atomic E-state index is 0.0896. The van der Waals surface area contributed by atoms with Crippen LogP contribution in [0.25, 0.3) is 0 Å². The highest BCUT2D eigenvalue weighted by molar-refractivity contribution is 7.89. The third kappa shape index (κ3) is 5.18. The standard InChI is InChI=1S/C20H26N2O6S/c1-6-21-29(24,25)19-12-15(8-10-17(19)27-4)20(23)22-13(2)14-7-9-16(26-3)18(11-14)28-5/h7-13,21H,6H2,1-5H3,(H,22,23)/t13-/m0/s1. The molecule has 1 atom stereocenters. The van der Waals surface area contributed by atoms with E-state index >= 15 is 0 Å². The lowest BCUT2D eigenvalue weighted by Gasteiger charge is -2.17. The molecule has 0 fully saturated rings. The second-order valence-electron chi connectivity index (χ2n) is 6.18. The minimum atomic E-state index is -3.79. The van der Waals surface area contributed by atoms with Crippen molar-refractivity contribution < 1.29 is 27.4 Å². The quantitative estimate of drug-likeness (QED) is 0.644. The van der Waals surface area contributed by atoms with Gasteiger partial charge in [-0.3, -0.25) is 4.79 Å². The van der Waals surface area contributed by atoms with Gasteiger partial charge in [0.1, 0.15) is 10.6 Å². The fraction of sp³-hybridized carbons (Fsp3) is 0.350. The smallest absolute Gasteiger partial charge is 0.251 e. The first-order valence-corrected chi connectivity index (χ1v) is 10.5. The van der Waals surface area contributed by atoms with E-state index in [4.69, 9.17) is 14.2 Å². The van der Waals surface area contributed by atoms with Gasteiger partial charge in [-0.15, -0.1) is 0 Å². The molecule has 0 spiro atoms. The van der Waals surface area contributed by atoms with E-state index in [0.29, 0.717) is 11.5 Å². The number of rotatable bonds is 9. The third-order valence-electron chi connectivity index (χ3n) is 4.30. The monoisotopic (exact) mass is 422 g/mol. The normalized spacial score (nSPS) is 12.2. The van der Waals surface area contributed by atoms with E-state index in [1.165, 1.54) is 32.4 Å². The van der Waals surface area contributed by atoms with Gasteiger partial charge in [-0.1, -0.05) is 13.0 Å². The zero-order chi connectivity index (χ0) is 21.6. The molecular formula is C20H26N2O6S. The number of sulfonamides is 1. The van der Waals surface area contributed by atoms with Crippen molar-refractivity contribution in [1.29, 1.82) is 0 Å². The number of hydrogen-bond donors (Lipinski definition) is 2. The number of hydrogen-bond acceptors (Lipinski definition) is 6. The zero-order valence-electron chi connectivity index (χ0n) is 17.1. The summed E-state index contributed by atoms with van der Waals surface area (Å²) in [7, 11) is 0.666. The molecule has 0 unspecified atom stereocenters. The SMILES string of the molecule is CCNS(=O)(=O)c1cc(C(=O)N[C@@H](C)c2ccc(OC)c(OC)c2)ccc1OC. The average molecular weight is 423 g/mol. The highest BCUT2D eigenvalue weighted by Crippen LogP contribution is 2.30. The van der Waals surface area contributed by atoms with Crippen LogP contribution in [0.1, 0.15) is 35.8 Å². The molecule has 0 aliphatic carbocycles. The Morgan fingerprint density at radius 3 is 2.17 bits per heavy atom. The van der Waals surface area contributed by atoms with Crippen LogP contribution in [0.5, 0.6) is 17.2 Å². The Morgan fingerprint density at radius 1 is 0.966 bits per heavy atom. The van der Waals surface area contributed by atoms with Crippen LogP contribution in [-0.2, 0) is 10.0 Å². The first-order chi connectivity index (χ1) is 13.8. The Labute approximate surface area is 171 Å². The molecule has 8 nitrogen and oxygen atoms in total. The van der Waals surface area contributed by atoms with Gasteiger partial charge in [0.2, 0.25) is 10.0 Å². The summed E-state index contributed by atoms with van der Waals surface area (Å²) in [6.45, 7) is 3.71. The summed E-state index contributed by atoms with van der Waals surface area (Å²) in [5.41, 5.74) is 1.01. The number of ether oxygens (including phenoxy) is 3. The highest BCUT2D eigenvalue weighted by Gasteiger charge is 2.22. The predicted molar refractivity (Wildman–Crippen MR) is 109 cm³/mol. The van der Waals surface area contributed by atoms with Crippen molar-refractivity contribution in [3.8, 4) is 17.2 Å². The van der Waals surface area contributed by atoms with Gasteiger partial charge in [-0.25, -0.2) is 13.1 Å². The maximum atomic E-state index is 12.7. The van der Waals surface area contributed by atoms with Gasteiger partial charge in [-0.05, 0) is 42.8 Å². The summed E-state index contributed by atoms with van der Waals surface area (Å²) in [4.78, 5) is 12.6. The average Bonchev–Trinajstić information content (AvgIpc) is 2.72. The predicted octanol–water partition coefficient (Wildman–Crippen LogP) is 2.50. The molecule has 2 aromatic rings. The summed E-state index contributed by atoms with van der Waals surface area (Å²) < 4.78 is 42.9. The van der Waals surface area contributed by atoms with Gasteiger partial charge >= 0.3 is 0 Å². The lowest BCUT2D eigenvalue weighted by atomic mass is 10.1. The summed E-state index contributed by atoms with van der Waals surface area (Å²) in [5.74, 6) is 0.885. The molecule has 2 N–H and O–H groups in total. The number of benzene rings is 2. The van der Waals surface area contributed by atoms with Gasteiger partial charge in [0.05, 0.1) is 27.4 Å². The van der Waals surface area contributed by atoms with Crippen molar-refractivity contribution in [2.75, 3.05) is 27.9 Å². The van der Waals surface area contributed by atoms with Crippen LogP contribution in [0, 0.1) is 0 Å². The molecule has 158 valence electrons. The molecule has 0 bridgehead atoms. The number of carbonyl (C=O) groups excluding carboxylic acids is 1. The van der Waals surface area contributed by atoms with Crippen molar-refractivity contribution in [3.05, 3.63) is 47.5 Å². The first-order valence-electron chi connectivity index (χ1n) is 8.97. The number of methoxy groups -OCH3 is 3. The third-order valence-corrected chi connectivity index (χ3v) is 5.87. The molecule has 2 rings (SSSR count). The van der Waals surface area contributed by atoms with E-state index in [1.807, 2.05) is 13.0 Å². The van der Waals surface area contributed by atoms with E-state index in [1.54, 1.807) is 26.2 Å². The van der Waals surface area contributed by atoms with Crippen molar-refractivity contribution in [2.24, 2.45) is 0 Å². The Bertz CT molecular complexity index is 975. The number of nitrogens with one attached hydrogen (secondary N) is 2. The van der Waals surface area contributed by atoms with Crippen LogP contribution in [0.15, 0.2) is 41.3 Å². The van der Waals surface area contributed by atoms with Crippen molar-refractivity contribution >= 4 is 15.9 Å².